The number of carboxylic acids is 1. The molecule has 0 radical (unpaired) electrons. The van der Waals surface area contributed by atoms with E-state index in [2.05, 4.69) is 12.2 Å². The highest BCUT2D eigenvalue weighted by molar-refractivity contribution is 5.97. The Morgan fingerprint density at radius 1 is 1.25 bits per heavy atom. The van der Waals surface area contributed by atoms with E-state index >= 15 is 0 Å². The molecular formula is C24H22F2N2O4. The number of nitrogens with zero attached hydrogens (tertiary/aromatic N) is 1. The number of aromatic nitrogens is 1. The van der Waals surface area contributed by atoms with Crippen LogP contribution in [-0.2, 0) is 6.42 Å². The molecule has 1 fully saturated rings. The molecule has 1 aromatic heterocycles. The Hall–Kier alpha value is -3.26. The molecule has 1 atom stereocenters. The fourth-order valence-electron chi connectivity index (χ4n) is 4.59. The van der Waals surface area contributed by atoms with Gasteiger partial charge >= 0.3 is 12.6 Å². The summed E-state index contributed by atoms with van der Waals surface area (Å²) in [6, 6.07) is 9.07. The van der Waals surface area contributed by atoms with Crippen molar-refractivity contribution in [2.75, 3.05) is 6.54 Å². The molecule has 1 aliphatic heterocycles. The lowest BCUT2D eigenvalue weighted by molar-refractivity contribution is -0.0486. The number of fused-ring (bicyclic) bond motifs is 2. The van der Waals surface area contributed by atoms with E-state index in [0.29, 0.717) is 11.1 Å². The van der Waals surface area contributed by atoms with Gasteiger partial charge in [0.05, 0.1) is 10.9 Å². The number of ether oxygens (including phenoxy) is 1. The van der Waals surface area contributed by atoms with Crippen molar-refractivity contribution in [3.05, 3.63) is 63.4 Å². The first kappa shape index (κ1) is 20.6. The molecule has 1 aliphatic carbocycles. The first-order valence-electron chi connectivity index (χ1n) is 10.6. The molecule has 5 rings (SSSR count). The summed E-state index contributed by atoms with van der Waals surface area (Å²) in [5, 5.41) is 12.9. The zero-order valence-corrected chi connectivity index (χ0v) is 17.4. The molecule has 0 unspecified atom stereocenters. The predicted molar refractivity (Wildman–Crippen MR) is 116 cm³/mol. The van der Waals surface area contributed by atoms with Crippen LogP contribution >= 0.6 is 0 Å². The van der Waals surface area contributed by atoms with Crippen LogP contribution in [0.3, 0.4) is 0 Å². The van der Waals surface area contributed by atoms with E-state index in [1.165, 1.54) is 12.3 Å². The monoisotopic (exact) mass is 440 g/mol. The number of carboxylic acid groups (broad SMARTS) is 1. The lowest BCUT2D eigenvalue weighted by Gasteiger charge is -2.25. The fourth-order valence-corrected chi connectivity index (χ4v) is 4.59. The molecule has 166 valence electrons. The van der Waals surface area contributed by atoms with Gasteiger partial charge < -0.3 is 19.7 Å². The number of benzene rings is 2. The minimum Gasteiger partial charge on any atom is -0.477 e. The van der Waals surface area contributed by atoms with Crippen molar-refractivity contribution in [3.8, 4) is 16.9 Å². The van der Waals surface area contributed by atoms with Crippen LogP contribution in [0, 0.1) is 0 Å². The third-order valence-corrected chi connectivity index (χ3v) is 6.29. The SMILES string of the molecule is C[C@@H]1NCCc2cc(-c3ccc4c(=O)c(C(=O)O)cn(C5CC5)c4c3OC(F)F)ccc21. The van der Waals surface area contributed by atoms with E-state index in [0.717, 1.165) is 36.9 Å². The summed E-state index contributed by atoms with van der Waals surface area (Å²) in [4.78, 5) is 24.4. The number of hydrogen-bond acceptors (Lipinski definition) is 4. The minimum absolute atomic E-state index is 0.0538. The van der Waals surface area contributed by atoms with Crippen LogP contribution in [0.15, 0.2) is 41.3 Å². The van der Waals surface area contributed by atoms with Crippen LogP contribution in [0.5, 0.6) is 5.75 Å². The molecule has 6 nitrogen and oxygen atoms in total. The highest BCUT2D eigenvalue weighted by atomic mass is 19.3. The Labute approximate surface area is 182 Å². The van der Waals surface area contributed by atoms with Gasteiger partial charge in [-0.25, -0.2) is 4.79 Å². The number of hydrogen-bond donors (Lipinski definition) is 2. The molecule has 0 bridgehead atoms. The maximum atomic E-state index is 13.5. The van der Waals surface area contributed by atoms with Gasteiger partial charge in [-0.05, 0) is 61.6 Å². The Morgan fingerprint density at radius 3 is 2.72 bits per heavy atom. The van der Waals surface area contributed by atoms with Gasteiger partial charge in [0.25, 0.3) is 0 Å². The number of rotatable bonds is 5. The van der Waals surface area contributed by atoms with Crippen LogP contribution in [0.1, 0.15) is 53.3 Å². The highest BCUT2D eigenvalue weighted by Gasteiger charge is 2.30. The average Bonchev–Trinajstić information content (AvgIpc) is 3.59. The third-order valence-electron chi connectivity index (χ3n) is 6.29. The summed E-state index contributed by atoms with van der Waals surface area (Å²) >= 11 is 0. The molecule has 2 N–H and O–H groups in total. The van der Waals surface area contributed by atoms with E-state index in [4.69, 9.17) is 4.74 Å². The maximum absolute atomic E-state index is 13.5. The molecular weight excluding hydrogens is 418 g/mol. The molecule has 3 aromatic rings. The highest BCUT2D eigenvalue weighted by Crippen LogP contribution is 2.43. The molecule has 0 spiro atoms. The first-order chi connectivity index (χ1) is 15.3. The molecule has 32 heavy (non-hydrogen) atoms. The number of halogens is 2. The normalized spacial score (nSPS) is 18.1. The van der Waals surface area contributed by atoms with Gasteiger partial charge in [0.15, 0.2) is 5.75 Å². The summed E-state index contributed by atoms with van der Waals surface area (Å²) in [6.07, 6.45) is 3.63. The zero-order valence-electron chi connectivity index (χ0n) is 17.4. The van der Waals surface area contributed by atoms with Crippen molar-refractivity contribution in [1.82, 2.24) is 9.88 Å². The Morgan fingerprint density at radius 2 is 2.03 bits per heavy atom. The number of nitrogens with one attached hydrogen (secondary N) is 1. The van der Waals surface area contributed by atoms with Crippen LogP contribution in [0.4, 0.5) is 8.78 Å². The maximum Gasteiger partial charge on any atom is 0.387 e. The van der Waals surface area contributed by atoms with Crippen molar-refractivity contribution in [3.63, 3.8) is 0 Å². The van der Waals surface area contributed by atoms with Crippen LogP contribution < -0.4 is 15.5 Å². The number of carbonyl (C=O) groups is 1. The van der Waals surface area contributed by atoms with Crippen LogP contribution in [-0.4, -0.2) is 28.8 Å². The summed E-state index contributed by atoms with van der Waals surface area (Å²) in [7, 11) is 0. The quantitative estimate of drug-likeness (QED) is 0.610. The minimum atomic E-state index is -3.09. The summed E-state index contributed by atoms with van der Waals surface area (Å²) in [5.41, 5.74) is 2.59. The zero-order chi connectivity index (χ0) is 22.6. The Balaban J connectivity index is 1.79. The molecule has 0 saturated heterocycles. The van der Waals surface area contributed by atoms with Gasteiger partial charge in [-0.1, -0.05) is 18.2 Å². The fraction of sp³-hybridized carbons (Fsp3) is 0.333. The van der Waals surface area contributed by atoms with Gasteiger partial charge in [0.2, 0.25) is 5.43 Å². The summed E-state index contributed by atoms with van der Waals surface area (Å²) in [6.45, 7) is -0.189. The van der Waals surface area contributed by atoms with Crippen molar-refractivity contribution >= 4 is 16.9 Å². The van der Waals surface area contributed by atoms with E-state index < -0.39 is 18.0 Å². The molecule has 0 amide bonds. The van der Waals surface area contributed by atoms with E-state index in [9.17, 15) is 23.5 Å². The number of aromatic carboxylic acids is 1. The molecule has 8 heteroatoms. The van der Waals surface area contributed by atoms with Crippen LogP contribution in [0.2, 0.25) is 0 Å². The van der Waals surface area contributed by atoms with Crippen LogP contribution in [0.25, 0.3) is 22.0 Å². The molecule has 2 aliphatic rings. The average molecular weight is 440 g/mol. The van der Waals surface area contributed by atoms with Gasteiger partial charge in [-0.15, -0.1) is 0 Å². The van der Waals surface area contributed by atoms with Gasteiger partial charge in [-0.2, -0.15) is 8.78 Å². The second-order valence-corrected chi connectivity index (χ2v) is 8.37. The first-order valence-corrected chi connectivity index (χ1v) is 10.6. The second kappa shape index (κ2) is 7.70. The lowest BCUT2D eigenvalue weighted by atomic mass is 9.91. The Bertz CT molecular complexity index is 1300. The summed E-state index contributed by atoms with van der Waals surface area (Å²) < 4.78 is 33.6. The molecule has 2 aromatic carbocycles. The predicted octanol–water partition coefficient (Wildman–Crippen LogP) is 4.51. The van der Waals surface area contributed by atoms with Gasteiger partial charge in [0, 0.05) is 23.8 Å². The van der Waals surface area contributed by atoms with E-state index in [1.54, 1.807) is 10.6 Å². The summed E-state index contributed by atoms with van der Waals surface area (Å²) in [5.74, 6) is -1.44. The molecule has 1 saturated carbocycles. The third kappa shape index (κ3) is 3.44. The van der Waals surface area contributed by atoms with Crippen molar-refractivity contribution in [1.29, 1.82) is 0 Å². The second-order valence-electron chi connectivity index (χ2n) is 8.37. The van der Waals surface area contributed by atoms with Gasteiger partial charge in [0.1, 0.15) is 5.56 Å². The van der Waals surface area contributed by atoms with Crippen molar-refractivity contribution in [2.45, 2.75) is 44.9 Å². The lowest BCUT2D eigenvalue weighted by Crippen LogP contribution is -2.27. The van der Waals surface area contributed by atoms with Crippen molar-refractivity contribution < 1.29 is 23.4 Å². The molecule has 2 heterocycles. The number of alkyl halides is 2. The van der Waals surface area contributed by atoms with Crippen molar-refractivity contribution in [2.24, 2.45) is 0 Å². The number of pyridine rings is 1. The topological polar surface area (TPSA) is 80.6 Å². The standard InChI is InChI=1S/C24H22F2N2O4/c1-12-16-5-2-13(10-14(16)8-9-27-12)17-6-7-18-20(22(17)32-24(25)26)28(15-3-4-15)11-19(21(18)29)23(30)31/h2,5-7,10-12,15,24,27H,3-4,8-9H2,1H3,(H,30,31)/t12-/m0/s1. The van der Waals surface area contributed by atoms with Gasteiger partial charge in [-0.3, -0.25) is 4.79 Å². The van der Waals surface area contributed by atoms with E-state index in [-0.39, 0.29) is 34.3 Å². The van der Waals surface area contributed by atoms with E-state index in [1.807, 2.05) is 18.2 Å². The largest absolute Gasteiger partial charge is 0.477 e. The Kier molecular flexibility index (Phi) is 4.97. The smallest absolute Gasteiger partial charge is 0.387 e.